The first-order chi connectivity index (χ1) is 8.36. The molecule has 0 radical (unpaired) electrons. The molecule has 0 aromatic carbocycles. The van der Waals surface area contributed by atoms with Crippen molar-refractivity contribution < 1.29 is 9.90 Å². The lowest BCUT2D eigenvalue weighted by Gasteiger charge is -2.07. The topological polar surface area (TPSA) is 83.0 Å². The molecule has 18 heavy (non-hydrogen) atoms. The third-order valence-corrected chi connectivity index (χ3v) is 3.57. The molecule has 1 heterocycles. The molecule has 2 N–H and O–H groups in total. The molecule has 1 aromatic rings. The van der Waals surface area contributed by atoms with Crippen LogP contribution in [0.15, 0.2) is 20.6 Å². The van der Waals surface area contributed by atoms with E-state index in [1.165, 1.54) is 13.8 Å². The fourth-order valence-corrected chi connectivity index (χ4v) is 2.36. The molecule has 0 saturated heterocycles. The van der Waals surface area contributed by atoms with Crippen molar-refractivity contribution in [3.63, 3.8) is 0 Å². The first kappa shape index (κ1) is 14.5. The minimum atomic E-state index is -0.264. The van der Waals surface area contributed by atoms with Gasteiger partial charge in [-0.1, -0.05) is 6.92 Å². The van der Waals surface area contributed by atoms with Gasteiger partial charge in [-0.25, -0.2) is 4.98 Å². The highest BCUT2D eigenvalue weighted by molar-refractivity contribution is 8.03. The number of nitrogens with zero attached hydrogens (tertiary/aromatic N) is 1. The number of carbonyl (C=O) groups excluding carboxylic acids is 1. The molecule has 0 aliphatic rings. The van der Waals surface area contributed by atoms with Gasteiger partial charge in [0.15, 0.2) is 10.9 Å². The molecule has 0 aliphatic heterocycles. The van der Waals surface area contributed by atoms with Crippen LogP contribution in [0.1, 0.15) is 32.0 Å². The van der Waals surface area contributed by atoms with Crippen molar-refractivity contribution >= 4 is 17.5 Å². The Morgan fingerprint density at radius 2 is 2.06 bits per heavy atom. The van der Waals surface area contributed by atoms with E-state index in [9.17, 15) is 14.7 Å². The van der Waals surface area contributed by atoms with Crippen molar-refractivity contribution in [3.05, 3.63) is 32.3 Å². The average molecular weight is 268 g/mol. The molecule has 0 atom stereocenters. The fourth-order valence-electron chi connectivity index (χ4n) is 1.55. The Bertz CT molecular complexity index is 557. The lowest BCUT2D eigenvalue weighted by atomic mass is 10.2. The number of hydrogen-bond donors (Lipinski definition) is 2. The van der Waals surface area contributed by atoms with E-state index in [1.54, 1.807) is 6.92 Å². The largest absolute Gasteiger partial charge is 0.511 e. The van der Waals surface area contributed by atoms with Gasteiger partial charge < -0.3 is 10.1 Å². The number of hydrogen-bond acceptors (Lipinski definition) is 5. The monoisotopic (exact) mass is 268 g/mol. The zero-order valence-corrected chi connectivity index (χ0v) is 11.6. The summed E-state index contributed by atoms with van der Waals surface area (Å²) in [7, 11) is 0. The van der Waals surface area contributed by atoms with Crippen molar-refractivity contribution in [1.29, 1.82) is 0 Å². The van der Waals surface area contributed by atoms with E-state index in [0.29, 0.717) is 22.8 Å². The smallest absolute Gasteiger partial charge is 0.254 e. The second kappa shape index (κ2) is 5.86. The predicted molar refractivity (Wildman–Crippen MR) is 70.8 cm³/mol. The van der Waals surface area contributed by atoms with Crippen molar-refractivity contribution in [2.45, 2.75) is 39.3 Å². The zero-order valence-electron chi connectivity index (χ0n) is 10.8. The van der Waals surface area contributed by atoms with Crippen LogP contribution in [0, 0.1) is 6.92 Å². The van der Waals surface area contributed by atoms with Gasteiger partial charge in [-0.3, -0.25) is 9.59 Å². The summed E-state index contributed by atoms with van der Waals surface area (Å²) in [5, 5.41) is 9.71. The Morgan fingerprint density at radius 1 is 1.44 bits per heavy atom. The summed E-state index contributed by atoms with van der Waals surface area (Å²) < 4.78 is 0. The minimum Gasteiger partial charge on any atom is -0.511 e. The molecule has 0 aliphatic carbocycles. The first-order valence-electron chi connectivity index (χ1n) is 5.55. The number of nitrogens with one attached hydrogen (secondary N) is 1. The van der Waals surface area contributed by atoms with Crippen LogP contribution in [0.2, 0.25) is 0 Å². The molecule has 0 saturated carbocycles. The van der Waals surface area contributed by atoms with Gasteiger partial charge in [0, 0.05) is 11.3 Å². The summed E-state index contributed by atoms with van der Waals surface area (Å²) in [6, 6.07) is 0. The van der Waals surface area contributed by atoms with Crippen molar-refractivity contribution in [1.82, 2.24) is 9.97 Å². The van der Waals surface area contributed by atoms with Gasteiger partial charge in [0.1, 0.15) is 5.76 Å². The quantitative estimate of drug-likeness (QED) is 0.378. The summed E-state index contributed by atoms with van der Waals surface area (Å²) in [4.78, 5) is 30.1. The zero-order chi connectivity index (χ0) is 13.9. The standard InChI is InChI=1S/C12H16N2O3S/c1-5-9-6(2)13-12(14-11(9)17)18-10(7(3)15)8(4)16/h15H,5H2,1-4H3,(H,13,14,17)/b10-7-. The molecule has 5 nitrogen and oxygen atoms in total. The highest BCUT2D eigenvalue weighted by atomic mass is 32.2. The number of aromatic amines is 1. The Labute approximate surface area is 109 Å². The number of Topliss-reactive ketones (excluding diaryl/α,β-unsaturated/α-hetero) is 1. The summed E-state index contributed by atoms with van der Waals surface area (Å²) in [5.74, 6) is -0.341. The number of aliphatic hydroxyl groups is 1. The number of rotatable bonds is 4. The van der Waals surface area contributed by atoms with Crippen molar-refractivity contribution in [3.8, 4) is 0 Å². The molecule has 0 spiro atoms. The van der Waals surface area contributed by atoms with E-state index in [0.717, 1.165) is 11.8 Å². The van der Waals surface area contributed by atoms with Crippen molar-refractivity contribution in [2.24, 2.45) is 0 Å². The number of aryl methyl sites for hydroxylation is 1. The lowest BCUT2D eigenvalue weighted by molar-refractivity contribution is -0.113. The SMILES string of the molecule is CCc1c(C)nc(S/C(C(C)=O)=C(/C)O)[nH]c1=O. The number of aliphatic hydroxyl groups excluding tert-OH is 1. The molecule has 1 aromatic heterocycles. The van der Waals surface area contributed by atoms with E-state index in [2.05, 4.69) is 9.97 Å². The van der Waals surface area contributed by atoms with E-state index in [4.69, 9.17) is 0 Å². The molecular formula is C12H16N2O3S. The number of thioether (sulfide) groups is 1. The van der Waals surface area contributed by atoms with Gasteiger partial charge in [0.2, 0.25) is 0 Å². The number of H-pyrrole nitrogens is 1. The van der Waals surface area contributed by atoms with E-state index in [-0.39, 0.29) is 22.0 Å². The maximum atomic E-state index is 11.7. The van der Waals surface area contributed by atoms with Crippen LogP contribution in [0.5, 0.6) is 0 Å². The van der Waals surface area contributed by atoms with Gasteiger partial charge in [-0.2, -0.15) is 0 Å². The highest BCUT2D eigenvalue weighted by Crippen LogP contribution is 2.25. The van der Waals surface area contributed by atoms with Crippen LogP contribution in [-0.2, 0) is 11.2 Å². The number of carbonyl (C=O) groups is 1. The number of allylic oxidation sites excluding steroid dienone is 2. The maximum absolute atomic E-state index is 11.7. The molecule has 6 heteroatoms. The minimum absolute atomic E-state index is 0.0765. The molecule has 0 fully saturated rings. The average Bonchev–Trinajstić information content (AvgIpc) is 2.24. The second-order valence-corrected chi connectivity index (χ2v) is 4.86. The predicted octanol–water partition coefficient (Wildman–Crippen LogP) is 2.11. The van der Waals surface area contributed by atoms with Crippen LogP contribution in [0.25, 0.3) is 0 Å². The van der Waals surface area contributed by atoms with Crippen LogP contribution >= 0.6 is 11.8 Å². The van der Waals surface area contributed by atoms with Gasteiger partial charge in [0.25, 0.3) is 5.56 Å². The molecule has 1 rings (SSSR count). The molecule has 0 amide bonds. The van der Waals surface area contributed by atoms with Crippen LogP contribution < -0.4 is 5.56 Å². The molecule has 98 valence electrons. The van der Waals surface area contributed by atoms with Crippen molar-refractivity contribution in [2.75, 3.05) is 0 Å². The second-order valence-electron chi connectivity index (χ2n) is 3.86. The summed E-state index contributed by atoms with van der Waals surface area (Å²) in [6.45, 7) is 6.41. The van der Waals surface area contributed by atoms with Crippen LogP contribution in [0.3, 0.4) is 0 Å². The normalized spacial score (nSPS) is 12.2. The molecule has 0 unspecified atom stereocenters. The Kier molecular flexibility index (Phi) is 4.72. The van der Waals surface area contributed by atoms with E-state index < -0.39 is 0 Å². The summed E-state index contributed by atoms with van der Waals surface area (Å²) in [6.07, 6.45) is 0.605. The first-order valence-corrected chi connectivity index (χ1v) is 6.36. The van der Waals surface area contributed by atoms with Gasteiger partial charge in [-0.15, -0.1) is 0 Å². The van der Waals surface area contributed by atoms with Crippen LogP contribution in [0.4, 0.5) is 0 Å². The molecule has 0 bridgehead atoms. The number of ketones is 1. The highest BCUT2D eigenvalue weighted by Gasteiger charge is 2.13. The third kappa shape index (κ3) is 3.22. The van der Waals surface area contributed by atoms with E-state index in [1.807, 2.05) is 6.92 Å². The Morgan fingerprint density at radius 3 is 2.44 bits per heavy atom. The van der Waals surface area contributed by atoms with E-state index >= 15 is 0 Å². The summed E-state index contributed by atoms with van der Waals surface area (Å²) >= 11 is 0.966. The Hall–Kier alpha value is -1.56. The van der Waals surface area contributed by atoms with Gasteiger partial charge >= 0.3 is 0 Å². The lowest BCUT2D eigenvalue weighted by Crippen LogP contribution is -2.16. The maximum Gasteiger partial charge on any atom is 0.254 e. The van der Waals surface area contributed by atoms with Gasteiger partial charge in [0.05, 0.1) is 4.91 Å². The number of aromatic nitrogens is 2. The Balaban J connectivity index is 3.18. The van der Waals surface area contributed by atoms with Gasteiger partial charge in [-0.05, 0) is 39.0 Å². The third-order valence-electron chi connectivity index (χ3n) is 2.40. The fraction of sp³-hybridized carbons (Fsp3) is 0.417. The summed E-state index contributed by atoms with van der Waals surface area (Å²) in [5.41, 5.74) is 1.07. The van der Waals surface area contributed by atoms with Crippen LogP contribution in [-0.4, -0.2) is 20.9 Å². The molecular weight excluding hydrogens is 252 g/mol.